The summed E-state index contributed by atoms with van der Waals surface area (Å²) < 4.78 is 2.12. The molecule has 1 aromatic carbocycles. The molecule has 3 rings (SSSR count). The van der Waals surface area contributed by atoms with Crippen molar-refractivity contribution in [1.82, 2.24) is 9.88 Å². The third-order valence-electron chi connectivity index (χ3n) is 5.02. The molecule has 1 aromatic heterocycles. The number of benzene rings is 1. The maximum atomic E-state index is 12.8. The van der Waals surface area contributed by atoms with E-state index in [-0.39, 0.29) is 11.4 Å². The topological polar surface area (TPSA) is 60.1 Å². The Morgan fingerprint density at radius 1 is 1.22 bits per heavy atom. The van der Waals surface area contributed by atoms with Crippen LogP contribution in [-0.4, -0.2) is 22.6 Å². The first-order chi connectivity index (χ1) is 11.1. The molecule has 4 nitrogen and oxygen atoms in total. The van der Waals surface area contributed by atoms with E-state index in [0.29, 0.717) is 6.54 Å². The van der Waals surface area contributed by atoms with Gasteiger partial charge in [0.25, 0.3) is 5.91 Å². The molecule has 1 amide bonds. The molecule has 1 heterocycles. The number of carbonyl (C=O) groups is 1. The van der Waals surface area contributed by atoms with Gasteiger partial charge in [0, 0.05) is 23.6 Å². The van der Waals surface area contributed by atoms with E-state index in [9.17, 15) is 4.79 Å². The molecule has 0 radical (unpaired) electrons. The number of hydrogen-bond donors (Lipinski definition) is 2. The van der Waals surface area contributed by atoms with Gasteiger partial charge in [0.05, 0.1) is 11.1 Å². The summed E-state index contributed by atoms with van der Waals surface area (Å²) in [5, 5.41) is 3.21. The highest BCUT2D eigenvalue weighted by Gasteiger charge is 2.34. The van der Waals surface area contributed by atoms with Crippen LogP contribution in [-0.2, 0) is 0 Å². The predicted octanol–water partition coefficient (Wildman–Crippen LogP) is 3.10. The molecule has 1 fully saturated rings. The van der Waals surface area contributed by atoms with Crippen LogP contribution in [0.2, 0.25) is 0 Å². The quantitative estimate of drug-likeness (QED) is 0.911. The number of amides is 1. The summed E-state index contributed by atoms with van der Waals surface area (Å²) in [6.07, 6.45) is 4.24. The third kappa shape index (κ3) is 2.91. The molecule has 0 atom stereocenters. The van der Waals surface area contributed by atoms with Crippen LogP contribution in [0.3, 0.4) is 0 Å². The van der Waals surface area contributed by atoms with E-state index in [1.165, 1.54) is 0 Å². The van der Waals surface area contributed by atoms with E-state index in [0.717, 1.165) is 48.3 Å². The largest absolute Gasteiger partial charge is 0.345 e. The van der Waals surface area contributed by atoms with Crippen molar-refractivity contribution in [3.8, 4) is 5.69 Å². The monoisotopic (exact) mass is 311 g/mol. The van der Waals surface area contributed by atoms with Gasteiger partial charge in [-0.1, -0.05) is 31.0 Å². The lowest BCUT2D eigenvalue weighted by Crippen LogP contribution is -2.51. The minimum Gasteiger partial charge on any atom is -0.345 e. The molecule has 0 aliphatic heterocycles. The van der Waals surface area contributed by atoms with Gasteiger partial charge in [0.1, 0.15) is 0 Å². The van der Waals surface area contributed by atoms with Crippen molar-refractivity contribution in [2.45, 2.75) is 45.1 Å². The second-order valence-corrected chi connectivity index (χ2v) is 6.60. The van der Waals surface area contributed by atoms with Gasteiger partial charge in [0.2, 0.25) is 0 Å². The van der Waals surface area contributed by atoms with Crippen LogP contribution in [0.25, 0.3) is 5.69 Å². The summed E-state index contributed by atoms with van der Waals surface area (Å²) in [7, 11) is 0. The van der Waals surface area contributed by atoms with E-state index >= 15 is 0 Å². The lowest BCUT2D eigenvalue weighted by molar-refractivity contribution is 0.0902. The average molecular weight is 311 g/mol. The first-order valence-electron chi connectivity index (χ1n) is 8.33. The summed E-state index contributed by atoms with van der Waals surface area (Å²) in [4.78, 5) is 12.8. The van der Waals surface area contributed by atoms with Gasteiger partial charge >= 0.3 is 0 Å². The molecule has 1 aliphatic carbocycles. The minimum absolute atomic E-state index is 0.00682. The number of nitrogens with two attached hydrogens (primary N) is 1. The fourth-order valence-corrected chi connectivity index (χ4v) is 3.71. The molecule has 1 aliphatic rings. The van der Waals surface area contributed by atoms with Crippen LogP contribution < -0.4 is 11.1 Å². The number of nitrogens with zero attached hydrogens (tertiary/aromatic N) is 1. The summed E-state index contributed by atoms with van der Waals surface area (Å²) in [6, 6.07) is 12.1. The molecule has 0 saturated heterocycles. The molecule has 0 spiro atoms. The van der Waals surface area contributed by atoms with Crippen LogP contribution in [0.4, 0.5) is 0 Å². The first-order valence-corrected chi connectivity index (χ1v) is 8.33. The molecule has 1 saturated carbocycles. The van der Waals surface area contributed by atoms with Crippen LogP contribution in [0.5, 0.6) is 0 Å². The number of para-hydroxylation sites is 1. The van der Waals surface area contributed by atoms with Crippen LogP contribution in [0.15, 0.2) is 36.4 Å². The highest BCUT2D eigenvalue weighted by Crippen LogP contribution is 2.29. The maximum Gasteiger partial charge on any atom is 0.253 e. The summed E-state index contributed by atoms with van der Waals surface area (Å²) in [5.74, 6) is -0.00682. The highest BCUT2D eigenvalue weighted by atomic mass is 16.1. The molecule has 0 bridgehead atoms. The number of aryl methyl sites for hydroxylation is 1. The van der Waals surface area contributed by atoms with Gasteiger partial charge in [0.15, 0.2) is 0 Å². The van der Waals surface area contributed by atoms with E-state index in [2.05, 4.69) is 22.0 Å². The molecule has 23 heavy (non-hydrogen) atoms. The van der Waals surface area contributed by atoms with Gasteiger partial charge in [-0.25, -0.2) is 0 Å². The number of carbonyl (C=O) groups excluding carboxylic acids is 1. The van der Waals surface area contributed by atoms with Crippen LogP contribution >= 0.6 is 0 Å². The van der Waals surface area contributed by atoms with Crippen LogP contribution in [0, 0.1) is 13.8 Å². The van der Waals surface area contributed by atoms with Gasteiger partial charge in [-0.3, -0.25) is 4.79 Å². The molecule has 3 N–H and O–H groups in total. The second kappa shape index (κ2) is 6.20. The van der Waals surface area contributed by atoms with E-state index in [4.69, 9.17) is 5.73 Å². The van der Waals surface area contributed by atoms with E-state index < -0.39 is 0 Å². The van der Waals surface area contributed by atoms with Crippen molar-refractivity contribution < 1.29 is 4.79 Å². The number of hydrogen-bond acceptors (Lipinski definition) is 2. The molecule has 4 heteroatoms. The van der Waals surface area contributed by atoms with Crippen molar-refractivity contribution in [2.24, 2.45) is 5.73 Å². The Morgan fingerprint density at radius 2 is 1.87 bits per heavy atom. The van der Waals surface area contributed by atoms with E-state index in [1.807, 2.05) is 38.1 Å². The van der Waals surface area contributed by atoms with Gasteiger partial charge < -0.3 is 15.6 Å². The third-order valence-corrected chi connectivity index (χ3v) is 5.02. The molecular weight excluding hydrogens is 286 g/mol. The Hall–Kier alpha value is -2.07. The number of aromatic nitrogens is 1. The second-order valence-electron chi connectivity index (χ2n) is 6.60. The Bertz CT molecular complexity index is 697. The van der Waals surface area contributed by atoms with Gasteiger partial charge in [-0.05, 0) is 44.9 Å². The lowest BCUT2D eigenvalue weighted by Gasteiger charge is -2.28. The minimum atomic E-state index is -0.216. The number of rotatable bonds is 4. The smallest absolute Gasteiger partial charge is 0.253 e. The molecule has 122 valence electrons. The zero-order valence-corrected chi connectivity index (χ0v) is 13.9. The summed E-state index contributed by atoms with van der Waals surface area (Å²) in [5.41, 5.74) is 9.58. The predicted molar refractivity (Wildman–Crippen MR) is 93.0 cm³/mol. The van der Waals surface area contributed by atoms with Crippen molar-refractivity contribution in [1.29, 1.82) is 0 Å². The van der Waals surface area contributed by atoms with Crippen molar-refractivity contribution in [3.63, 3.8) is 0 Å². The summed E-state index contributed by atoms with van der Waals surface area (Å²) in [6.45, 7) is 4.54. The van der Waals surface area contributed by atoms with Crippen molar-refractivity contribution in [2.75, 3.05) is 6.54 Å². The fraction of sp³-hybridized carbons (Fsp3) is 0.421. The lowest BCUT2D eigenvalue weighted by atomic mass is 9.97. The van der Waals surface area contributed by atoms with Crippen molar-refractivity contribution >= 4 is 5.91 Å². The number of nitrogens with one attached hydrogen (secondary N) is 1. The maximum absolute atomic E-state index is 12.8. The molecule has 0 unspecified atom stereocenters. The Labute approximate surface area is 137 Å². The Balaban J connectivity index is 1.91. The first kappa shape index (κ1) is 15.8. The average Bonchev–Trinajstić information content (AvgIpc) is 3.13. The standard InChI is InChI=1S/C19H25N3O/c1-14-12-17(15(2)22(14)16-8-4-3-5-9-16)18(23)21-19(13-20)10-6-7-11-19/h3-5,8-9,12H,6-7,10-11,13,20H2,1-2H3,(H,21,23). The van der Waals surface area contributed by atoms with Crippen molar-refractivity contribution in [3.05, 3.63) is 53.3 Å². The Kier molecular flexibility index (Phi) is 4.26. The summed E-state index contributed by atoms with van der Waals surface area (Å²) >= 11 is 0. The van der Waals surface area contributed by atoms with Gasteiger partial charge in [-0.15, -0.1) is 0 Å². The molecular formula is C19H25N3O. The SMILES string of the molecule is Cc1cc(C(=O)NC2(CN)CCCC2)c(C)n1-c1ccccc1. The fourth-order valence-electron chi connectivity index (χ4n) is 3.71. The molecule has 2 aromatic rings. The van der Waals surface area contributed by atoms with Gasteiger partial charge in [-0.2, -0.15) is 0 Å². The van der Waals surface area contributed by atoms with E-state index in [1.54, 1.807) is 0 Å². The Morgan fingerprint density at radius 3 is 2.48 bits per heavy atom. The zero-order valence-electron chi connectivity index (χ0n) is 13.9. The normalized spacial score (nSPS) is 16.5. The highest BCUT2D eigenvalue weighted by molar-refractivity contribution is 5.96. The van der Waals surface area contributed by atoms with Crippen LogP contribution in [0.1, 0.15) is 47.4 Å². The zero-order chi connectivity index (χ0) is 16.4.